The first-order valence-electron chi connectivity index (χ1n) is 5.20. The zero-order valence-corrected chi connectivity index (χ0v) is 12.0. The zero-order chi connectivity index (χ0) is 13.1. The SMILES string of the molecule is Cc1nc(NC(=O)OC(C)(C)C)ncc1CBr. The summed E-state index contributed by atoms with van der Waals surface area (Å²) in [5.41, 5.74) is 1.28. The van der Waals surface area contributed by atoms with Crippen LogP contribution in [0.15, 0.2) is 6.20 Å². The first-order valence-corrected chi connectivity index (χ1v) is 6.32. The molecular formula is C11H16BrN3O2. The van der Waals surface area contributed by atoms with Crippen LogP contribution < -0.4 is 5.32 Å². The van der Waals surface area contributed by atoms with Crippen molar-refractivity contribution in [2.75, 3.05) is 5.32 Å². The lowest BCUT2D eigenvalue weighted by Crippen LogP contribution is -2.27. The van der Waals surface area contributed by atoms with Crippen LogP contribution in [-0.2, 0) is 10.1 Å². The van der Waals surface area contributed by atoms with Crippen molar-refractivity contribution in [1.82, 2.24) is 9.97 Å². The number of hydrogen-bond donors (Lipinski definition) is 1. The van der Waals surface area contributed by atoms with Gasteiger partial charge in [0.2, 0.25) is 5.95 Å². The van der Waals surface area contributed by atoms with E-state index in [2.05, 4.69) is 31.2 Å². The summed E-state index contributed by atoms with van der Waals surface area (Å²) in [5.74, 6) is 0.251. The highest BCUT2D eigenvalue weighted by molar-refractivity contribution is 9.08. The van der Waals surface area contributed by atoms with Crippen molar-refractivity contribution in [3.05, 3.63) is 17.5 Å². The molecule has 0 bridgehead atoms. The van der Waals surface area contributed by atoms with Gasteiger partial charge in [-0.1, -0.05) is 15.9 Å². The van der Waals surface area contributed by atoms with Crippen molar-refractivity contribution in [2.24, 2.45) is 0 Å². The average molecular weight is 302 g/mol. The van der Waals surface area contributed by atoms with Gasteiger partial charge in [-0.2, -0.15) is 0 Å². The van der Waals surface area contributed by atoms with Crippen molar-refractivity contribution < 1.29 is 9.53 Å². The van der Waals surface area contributed by atoms with Crippen molar-refractivity contribution in [2.45, 2.75) is 38.6 Å². The topological polar surface area (TPSA) is 64.1 Å². The molecule has 94 valence electrons. The number of hydrogen-bond acceptors (Lipinski definition) is 4. The molecule has 5 nitrogen and oxygen atoms in total. The van der Waals surface area contributed by atoms with Crippen molar-refractivity contribution in [1.29, 1.82) is 0 Å². The normalized spacial score (nSPS) is 11.1. The minimum absolute atomic E-state index is 0.251. The second-order valence-corrected chi connectivity index (χ2v) is 5.13. The van der Waals surface area contributed by atoms with Gasteiger partial charge in [-0.25, -0.2) is 14.8 Å². The summed E-state index contributed by atoms with van der Waals surface area (Å²) in [6, 6.07) is 0. The Labute approximate surface area is 109 Å². The van der Waals surface area contributed by atoms with Gasteiger partial charge in [-0.3, -0.25) is 5.32 Å². The molecule has 1 N–H and O–H groups in total. The Morgan fingerprint density at radius 3 is 2.65 bits per heavy atom. The molecule has 6 heteroatoms. The minimum Gasteiger partial charge on any atom is -0.444 e. The standard InChI is InChI=1S/C11H16BrN3O2/c1-7-8(5-12)6-13-9(14-7)15-10(16)17-11(2,3)4/h6H,5H2,1-4H3,(H,13,14,15,16). The first kappa shape index (κ1) is 13.9. The Morgan fingerprint density at radius 2 is 2.18 bits per heavy atom. The summed E-state index contributed by atoms with van der Waals surface area (Å²) < 4.78 is 5.10. The number of carbonyl (C=O) groups is 1. The molecule has 17 heavy (non-hydrogen) atoms. The molecular weight excluding hydrogens is 286 g/mol. The molecule has 1 heterocycles. The fourth-order valence-electron chi connectivity index (χ4n) is 1.08. The van der Waals surface area contributed by atoms with E-state index in [-0.39, 0.29) is 5.95 Å². The number of alkyl halides is 1. The van der Waals surface area contributed by atoms with Gasteiger partial charge in [0.25, 0.3) is 0 Å². The number of aromatic nitrogens is 2. The second kappa shape index (κ2) is 5.44. The van der Waals surface area contributed by atoms with Crippen LogP contribution in [0.5, 0.6) is 0 Å². The fourth-order valence-corrected chi connectivity index (χ4v) is 1.63. The lowest BCUT2D eigenvalue weighted by Gasteiger charge is -2.19. The Morgan fingerprint density at radius 1 is 1.53 bits per heavy atom. The number of nitrogens with zero attached hydrogens (tertiary/aromatic N) is 2. The number of aryl methyl sites for hydroxylation is 1. The van der Waals surface area contributed by atoms with E-state index in [0.29, 0.717) is 5.33 Å². The highest BCUT2D eigenvalue weighted by atomic mass is 79.9. The third-order valence-electron chi connectivity index (χ3n) is 1.84. The van der Waals surface area contributed by atoms with Crippen molar-refractivity contribution >= 4 is 28.0 Å². The molecule has 0 aliphatic carbocycles. The lowest BCUT2D eigenvalue weighted by molar-refractivity contribution is 0.0634. The molecule has 0 atom stereocenters. The highest BCUT2D eigenvalue weighted by Crippen LogP contribution is 2.12. The van der Waals surface area contributed by atoms with E-state index in [1.54, 1.807) is 27.0 Å². The molecule has 1 aromatic heterocycles. The molecule has 0 aromatic carbocycles. The Bertz CT molecular complexity index is 416. The number of halogens is 1. The maximum Gasteiger partial charge on any atom is 0.414 e. The van der Waals surface area contributed by atoms with E-state index in [4.69, 9.17) is 4.74 Å². The van der Waals surface area contributed by atoms with Gasteiger partial charge in [0, 0.05) is 22.8 Å². The number of rotatable bonds is 2. The monoisotopic (exact) mass is 301 g/mol. The molecule has 1 rings (SSSR count). The molecule has 0 saturated carbocycles. The zero-order valence-electron chi connectivity index (χ0n) is 10.4. The van der Waals surface area contributed by atoms with Crippen LogP contribution in [0, 0.1) is 6.92 Å². The van der Waals surface area contributed by atoms with Crippen LogP contribution in [0.1, 0.15) is 32.0 Å². The number of anilines is 1. The van der Waals surface area contributed by atoms with Crippen LogP contribution in [0.3, 0.4) is 0 Å². The number of ether oxygens (including phenoxy) is 1. The highest BCUT2D eigenvalue weighted by Gasteiger charge is 2.17. The minimum atomic E-state index is -0.552. The van der Waals surface area contributed by atoms with Gasteiger partial charge in [0.1, 0.15) is 5.60 Å². The lowest BCUT2D eigenvalue weighted by atomic mass is 10.2. The predicted molar refractivity (Wildman–Crippen MR) is 69.3 cm³/mol. The summed E-state index contributed by atoms with van der Waals surface area (Å²) in [7, 11) is 0. The van der Waals surface area contributed by atoms with Gasteiger partial charge in [0.05, 0.1) is 0 Å². The largest absolute Gasteiger partial charge is 0.444 e. The number of amides is 1. The Kier molecular flexibility index (Phi) is 4.45. The molecule has 0 unspecified atom stereocenters. The molecule has 1 amide bonds. The predicted octanol–water partition coefficient (Wildman–Crippen LogP) is 3.03. The molecule has 0 aliphatic rings. The van der Waals surface area contributed by atoms with Gasteiger partial charge < -0.3 is 4.74 Å². The molecule has 0 radical (unpaired) electrons. The van der Waals surface area contributed by atoms with Crippen LogP contribution >= 0.6 is 15.9 Å². The third-order valence-corrected chi connectivity index (χ3v) is 2.44. The van der Waals surface area contributed by atoms with Crippen LogP contribution in [-0.4, -0.2) is 21.7 Å². The average Bonchev–Trinajstić information content (AvgIpc) is 2.14. The van der Waals surface area contributed by atoms with Crippen molar-refractivity contribution in [3.63, 3.8) is 0 Å². The van der Waals surface area contributed by atoms with Crippen LogP contribution in [0.25, 0.3) is 0 Å². The van der Waals surface area contributed by atoms with E-state index in [1.165, 1.54) is 0 Å². The Hall–Kier alpha value is -1.17. The molecule has 1 aromatic rings. The van der Waals surface area contributed by atoms with Crippen LogP contribution in [0.2, 0.25) is 0 Å². The number of carbonyl (C=O) groups excluding carboxylic acids is 1. The van der Waals surface area contributed by atoms with Gasteiger partial charge in [-0.05, 0) is 27.7 Å². The van der Waals surface area contributed by atoms with E-state index in [9.17, 15) is 4.79 Å². The van der Waals surface area contributed by atoms with E-state index >= 15 is 0 Å². The summed E-state index contributed by atoms with van der Waals surface area (Å²) in [6.45, 7) is 7.25. The maximum atomic E-state index is 11.5. The smallest absolute Gasteiger partial charge is 0.414 e. The van der Waals surface area contributed by atoms with E-state index < -0.39 is 11.7 Å². The van der Waals surface area contributed by atoms with Gasteiger partial charge >= 0.3 is 6.09 Å². The van der Waals surface area contributed by atoms with E-state index in [0.717, 1.165) is 11.3 Å². The summed E-state index contributed by atoms with van der Waals surface area (Å²) >= 11 is 3.33. The maximum absolute atomic E-state index is 11.5. The summed E-state index contributed by atoms with van der Waals surface area (Å²) in [4.78, 5) is 19.7. The van der Waals surface area contributed by atoms with E-state index in [1.807, 2.05) is 6.92 Å². The Balaban J connectivity index is 2.69. The summed E-state index contributed by atoms with van der Waals surface area (Å²) in [6.07, 6.45) is 1.12. The van der Waals surface area contributed by atoms with Gasteiger partial charge in [-0.15, -0.1) is 0 Å². The number of nitrogens with one attached hydrogen (secondary N) is 1. The second-order valence-electron chi connectivity index (χ2n) is 4.56. The molecule has 0 fully saturated rings. The molecule has 0 aliphatic heterocycles. The quantitative estimate of drug-likeness (QED) is 0.853. The third kappa shape index (κ3) is 4.68. The molecule has 0 spiro atoms. The van der Waals surface area contributed by atoms with Crippen LogP contribution in [0.4, 0.5) is 10.7 Å². The summed E-state index contributed by atoms with van der Waals surface area (Å²) in [5, 5.41) is 3.18. The molecule has 0 saturated heterocycles. The first-order chi connectivity index (χ1) is 7.81. The van der Waals surface area contributed by atoms with Crippen molar-refractivity contribution in [3.8, 4) is 0 Å². The fraction of sp³-hybridized carbons (Fsp3) is 0.545. The van der Waals surface area contributed by atoms with Gasteiger partial charge in [0.15, 0.2) is 0 Å².